The van der Waals surface area contributed by atoms with Crippen molar-refractivity contribution in [3.63, 3.8) is 0 Å². The van der Waals surface area contributed by atoms with Crippen molar-refractivity contribution in [1.29, 1.82) is 0 Å². The van der Waals surface area contributed by atoms with E-state index in [0.717, 1.165) is 13.0 Å². The number of hydrogen-bond donors (Lipinski definition) is 0. The van der Waals surface area contributed by atoms with E-state index in [2.05, 4.69) is 42.5 Å². The van der Waals surface area contributed by atoms with Crippen molar-refractivity contribution in [3.8, 4) is 11.1 Å². The van der Waals surface area contributed by atoms with Crippen molar-refractivity contribution in [2.45, 2.75) is 18.9 Å². The molecule has 1 heteroatoms. The number of benzene rings is 2. The Kier molecular flexibility index (Phi) is 1.91. The lowest BCUT2D eigenvalue weighted by molar-refractivity contribution is -0.0530. The normalized spacial score (nSPS) is 20.6. The van der Waals surface area contributed by atoms with Crippen molar-refractivity contribution in [1.82, 2.24) is 0 Å². The minimum atomic E-state index is 0.347. The van der Waals surface area contributed by atoms with Crippen LogP contribution in [-0.4, -0.2) is 6.61 Å². The van der Waals surface area contributed by atoms with Crippen LogP contribution in [0.2, 0.25) is 0 Å². The van der Waals surface area contributed by atoms with E-state index in [-0.39, 0.29) is 0 Å². The Morgan fingerprint density at radius 1 is 0.941 bits per heavy atom. The minimum absolute atomic E-state index is 0.347. The van der Waals surface area contributed by atoms with E-state index in [1.807, 2.05) is 0 Å². The van der Waals surface area contributed by atoms with Gasteiger partial charge in [0.2, 0.25) is 0 Å². The van der Waals surface area contributed by atoms with Crippen LogP contribution in [0.5, 0.6) is 0 Å². The molecule has 1 saturated heterocycles. The molecule has 4 rings (SSSR count). The third-order valence-corrected chi connectivity index (χ3v) is 3.93. The number of hydrogen-bond acceptors (Lipinski definition) is 1. The molecule has 0 spiro atoms. The first-order chi connectivity index (χ1) is 8.43. The van der Waals surface area contributed by atoms with Gasteiger partial charge in [-0.05, 0) is 34.2 Å². The van der Waals surface area contributed by atoms with E-state index in [9.17, 15) is 0 Å². The lowest BCUT2D eigenvalue weighted by Crippen LogP contribution is -2.19. The van der Waals surface area contributed by atoms with Crippen LogP contribution in [0, 0.1) is 0 Å². The lowest BCUT2D eigenvalue weighted by Gasteiger charge is -2.28. The fourth-order valence-corrected chi connectivity index (χ4v) is 2.96. The van der Waals surface area contributed by atoms with Gasteiger partial charge in [-0.1, -0.05) is 42.5 Å². The van der Waals surface area contributed by atoms with Gasteiger partial charge in [-0.25, -0.2) is 0 Å². The summed E-state index contributed by atoms with van der Waals surface area (Å²) >= 11 is 0. The van der Waals surface area contributed by atoms with Crippen LogP contribution in [0.3, 0.4) is 0 Å². The van der Waals surface area contributed by atoms with Gasteiger partial charge in [-0.2, -0.15) is 0 Å². The number of fused-ring (bicyclic) bond motifs is 3. The van der Waals surface area contributed by atoms with Crippen LogP contribution >= 0.6 is 0 Å². The first-order valence-electron chi connectivity index (χ1n) is 6.25. The molecule has 84 valence electrons. The molecule has 1 aliphatic heterocycles. The van der Waals surface area contributed by atoms with E-state index in [1.54, 1.807) is 0 Å². The quantitative estimate of drug-likeness (QED) is 0.609. The molecule has 0 N–H and O–H groups in total. The maximum Gasteiger partial charge on any atom is 0.0849 e. The van der Waals surface area contributed by atoms with Crippen LogP contribution in [-0.2, 0) is 11.2 Å². The van der Waals surface area contributed by atoms with Crippen molar-refractivity contribution < 1.29 is 4.74 Å². The maximum absolute atomic E-state index is 5.64. The van der Waals surface area contributed by atoms with Crippen molar-refractivity contribution in [2.75, 3.05) is 6.61 Å². The zero-order valence-corrected chi connectivity index (χ0v) is 9.65. The first-order valence-corrected chi connectivity index (χ1v) is 6.25. The third kappa shape index (κ3) is 1.29. The van der Waals surface area contributed by atoms with E-state index in [0.29, 0.717) is 6.10 Å². The van der Waals surface area contributed by atoms with Crippen LogP contribution < -0.4 is 0 Å². The second-order valence-corrected chi connectivity index (χ2v) is 4.86. The van der Waals surface area contributed by atoms with Crippen molar-refractivity contribution >= 4 is 0 Å². The number of rotatable bonds is 1. The second kappa shape index (κ2) is 3.44. The van der Waals surface area contributed by atoms with E-state index < -0.39 is 0 Å². The minimum Gasteiger partial charge on any atom is -0.373 e. The zero-order valence-electron chi connectivity index (χ0n) is 9.65. The second-order valence-electron chi connectivity index (χ2n) is 4.86. The molecule has 2 aliphatic rings. The third-order valence-electron chi connectivity index (χ3n) is 3.93. The summed E-state index contributed by atoms with van der Waals surface area (Å²) in [5.74, 6) is 0. The standard InChI is InChI=1S/C16H14O/c1-2-5-12-11(4-1)10-15-13(12)6-3-7-14(15)16-8-9-17-16/h1-7,16H,8-10H2. The molecule has 1 atom stereocenters. The van der Waals surface area contributed by atoms with Gasteiger partial charge in [0.15, 0.2) is 0 Å². The molecule has 0 radical (unpaired) electrons. The molecule has 1 fully saturated rings. The van der Waals surface area contributed by atoms with Crippen molar-refractivity contribution in [2.24, 2.45) is 0 Å². The van der Waals surface area contributed by atoms with Crippen LogP contribution in [0.1, 0.15) is 29.2 Å². The smallest absolute Gasteiger partial charge is 0.0849 e. The lowest BCUT2D eigenvalue weighted by atomic mass is 9.94. The summed E-state index contributed by atoms with van der Waals surface area (Å²) in [5, 5.41) is 0. The fourth-order valence-electron chi connectivity index (χ4n) is 2.96. The fraction of sp³-hybridized carbons (Fsp3) is 0.250. The molecule has 2 aromatic rings. The predicted octanol–water partition coefficient (Wildman–Crippen LogP) is 3.72. The van der Waals surface area contributed by atoms with Crippen LogP contribution in [0.4, 0.5) is 0 Å². The molecule has 1 aliphatic carbocycles. The Labute approximate surface area is 101 Å². The van der Waals surface area contributed by atoms with Gasteiger partial charge >= 0.3 is 0 Å². The van der Waals surface area contributed by atoms with Gasteiger partial charge in [0.1, 0.15) is 0 Å². The Hall–Kier alpha value is -1.60. The molecule has 0 bridgehead atoms. The van der Waals surface area contributed by atoms with Gasteiger partial charge in [-0.15, -0.1) is 0 Å². The highest BCUT2D eigenvalue weighted by molar-refractivity contribution is 5.78. The van der Waals surface area contributed by atoms with Gasteiger partial charge in [0, 0.05) is 6.42 Å². The van der Waals surface area contributed by atoms with Gasteiger partial charge in [0.05, 0.1) is 12.7 Å². The molecule has 0 amide bonds. The summed E-state index contributed by atoms with van der Waals surface area (Å²) in [6.07, 6.45) is 2.59. The van der Waals surface area contributed by atoms with E-state index in [4.69, 9.17) is 4.74 Å². The summed E-state index contributed by atoms with van der Waals surface area (Å²) in [5.41, 5.74) is 7.16. The Balaban J connectivity index is 1.89. The van der Waals surface area contributed by atoms with E-state index in [1.165, 1.54) is 34.2 Å². The summed E-state index contributed by atoms with van der Waals surface area (Å²) in [6, 6.07) is 15.4. The highest BCUT2D eigenvalue weighted by Gasteiger charge is 2.27. The highest BCUT2D eigenvalue weighted by Crippen LogP contribution is 2.42. The zero-order chi connectivity index (χ0) is 11.2. The molecule has 17 heavy (non-hydrogen) atoms. The maximum atomic E-state index is 5.64. The summed E-state index contributed by atoms with van der Waals surface area (Å²) in [6.45, 7) is 0.918. The van der Waals surface area contributed by atoms with E-state index >= 15 is 0 Å². The molecule has 1 heterocycles. The summed E-state index contributed by atoms with van der Waals surface area (Å²) in [4.78, 5) is 0. The average molecular weight is 222 g/mol. The molecule has 0 aromatic heterocycles. The molecular weight excluding hydrogens is 208 g/mol. The summed E-state index contributed by atoms with van der Waals surface area (Å²) < 4.78 is 5.64. The van der Waals surface area contributed by atoms with Gasteiger partial charge < -0.3 is 4.74 Å². The Morgan fingerprint density at radius 3 is 2.59 bits per heavy atom. The molecular formula is C16H14O. The summed E-state index contributed by atoms with van der Waals surface area (Å²) in [7, 11) is 0. The monoisotopic (exact) mass is 222 g/mol. The van der Waals surface area contributed by atoms with Gasteiger partial charge in [-0.3, -0.25) is 0 Å². The molecule has 0 saturated carbocycles. The van der Waals surface area contributed by atoms with Crippen LogP contribution in [0.15, 0.2) is 42.5 Å². The Morgan fingerprint density at radius 2 is 1.76 bits per heavy atom. The molecule has 2 aromatic carbocycles. The SMILES string of the molecule is c1ccc2c(c1)Cc1c-2cccc1C1CCO1. The van der Waals surface area contributed by atoms with Crippen LogP contribution in [0.25, 0.3) is 11.1 Å². The van der Waals surface area contributed by atoms with Gasteiger partial charge in [0.25, 0.3) is 0 Å². The largest absolute Gasteiger partial charge is 0.373 e. The first kappa shape index (κ1) is 9.43. The highest BCUT2D eigenvalue weighted by atomic mass is 16.5. The number of ether oxygens (including phenoxy) is 1. The average Bonchev–Trinajstić information content (AvgIpc) is 2.67. The molecule has 1 nitrogen and oxygen atoms in total. The van der Waals surface area contributed by atoms with Crippen molar-refractivity contribution in [3.05, 3.63) is 59.2 Å². The topological polar surface area (TPSA) is 9.23 Å². The predicted molar refractivity (Wildman–Crippen MR) is 68.0 cm³/mol. The Bertz CT molecular complexity index is 582. The molecule has 1 unspecified atom stereocenters.